The van der Waals surface area contributed by atoms with E-state index in [0.29, 0.717) is 5.41 Å². The van der Waals surface area contributed by atoms with Crippen LogP contribution in [0.2, 0.25) is 0 Å². The van der Waals surface area contributed by atoms with E-state index in [9.17, 15) is 0 Å². The number of hydrogen-bond acceptors (Lipinski definition) is 0. The van der Waals surface area contributed by atoms with E-state index in [-0.39, 0.29) is 0 Å². The summed E-state index contributed by atoms with van der Waals surface area (Å²) in [7, 11) is 0. The van der Waals surface area contributed by atoms with Crippen LogP contribution in [0, 0.1) is 17.3 Å². The van der Waals surface area contributed by atoms with Gasteiger partial charge in [-0.15, -0.1) is 0 Å². The highest BCUT2D eigenvalue weighted by atomic mass is 14.4. The van der Waals surface area contributed by atoms with Gasteiger partial charge in [0.2, 0.25) is 0 Å². The normalized spacial score (nSPS) is 24.0. The lowest BCUT2D eigenvalue weighted by Crippen LogP contribution is -2.29. The molecule has 0 bridgehead atoms. The van der Waals surface area contributed by atoms with Crippen molar-refractivity contribution in [1.82, 2.24) is 0 Å². The van der Waals surface area contributed by atoms with Gasteiger partial charge in [0.25, 0.3) is 0 Å². The third-order valence-electron chi connectivity index (χ3n) is 3.22. The summed E-state index contributed by atoms with van der Waals surface area (Å²) in [5.74, 6) is 1.96. The van der Waals surface area contributed by atoms with Gasteiger partial charge in [-0.2, -0.15) is 0 Å². The predicted octanol–water partition coefficient (Wildman–Crippen LogP) is 3.47. The van der Waals surface area contributed by atoms with E-state index in [1.807, 2.05) is 0 Å². The molecule has 60 valence electrons. The zero-order valence-corrected chi connectivity index (χ0v) is 7.78. The summed E-state index contributed by atoms with van der Waals surface area (Å²) in [6, 6.07) is 0. The minimum Gasteiger partial charge on any atom is -0.0617 e. The third-order valence-corrected chi connectivity index (χ3v) is 3.22. The molecule has 0 spiro atoms. The van der Waals surface area contributed by atoms with E-state index >= 15 is 0 Å². The fraction of sp³-hybridized carbons (Fsp3) is 1.00. The molecule has 0 heteroatoms. The van der Waals surface area contributed by atoms with Crippen LogP contribution in [0.4, 0.5) is 0 Å². The Morgan fingerprint density at radius 3 is 1.80 bits per heavy atom. The third kappa shape index (κ3) is 1.53. The smallest absolute Gasteiger partial charge is 0.0354 e. The van der Waals surface area contributed by atoms with Gasteiger partial charge in [-0.1, -0.05) is 47.0 Å². The van der Waals surface area contributed by atoms with Crippen LogP contribution in [0.15, 0.2) is 0 Å². The minimum absolute atomic E-state index is 0.533. The maximum absolute atomic E-state index is 2.41. The second-order valence-electron chi connectivity index (χ2n) is 4.85. The highest BCUT2D eigenvalue weighted by Crippen LogP contribution is 2.41. The van der Waals surface area contributed by atoms with Crippen molar-refractivity contribution in [3.8, 4) is 0 Å². The molecular weight excluding hydrogens is 120 g/mol. The molecule has 0 amide bonds. The molecule has 1 atom stereocenters. The van der Waals surface area contributed by atoms with E-state index in [1.165, 1.54) is 19.3 Å². The molecule has 0 radical (unpaired) electrons. The SMILES string of the molecule is C[C@@H](C1CCC1)C(C)(C)C. The summed E-state index contributed by atoms with van der Waals surface area (Å²) >= 11 is 0. The molecule has 0 aromatic carbocycles. The summed E-state index contributed by atoms with van der Waals surface area (Å²) < 4.78 is 0. The first-order valence-corrected chi connectivity index (χ1v) is 4.52. The minimum atomic E-state index is 0.533. The van der Waals surface area contributed by atoms with Gasteiger partial charge >= 0.3 is 0 Å². The van der Waals surface area contributed by atoms with Crippen molar-refractivity contribution < 1.29 is 0 Å². The lowest BCUT2D eigenvalue weighted by Gasteiger charge is -2.39. The molecule has 1 fully saturated rings. The van der Waals surface area contributed by atoms with Crippen LogP contribution >= 0.6 is 0 Å². The van der Waals surface area contributed by atoms with E-state index < -0.39 is 0 Å². The summed E-state index contributed by atoms with van der Waals surface area (Å²) in [6.45, 7) is 9.48. The molecule has 0 saturated heterocycles. The van der Waals surface area contributed by atoms with Gasteiger partial charge in [-0.3, -0.25) is 0 Å². The highest BCUT2D eigenvalue weighted by Gasteiger charge is 2.31. The van der Waals surface area contributed by atoms with Gasteiger partial charge in [0.15, 0.2) is 0 Å². The average molecular weight is 140 g/mol. The van der Waals surface area contributed by atoms with Crippen molar-refractivity contribution in [1.29, 1.82) is 0 Å². The Labute approximate surface area is 65.0 Å². The molecule has 0 aliphatic heterocycles. The van der Waals surface area contributed by atoms with Gasteiger partial charge in [-0.25, -0.2) is 0 Å². The first kappa shape index (κ1) is 8.10. The summed E-state index contributed by atoms with van der Waals surface area (Å²) in [5.41, 5.74) is 0.533. The van der Waals surface area contributed by atoms with E-state index in [2.05, 4.69) is 27.7 Å². The first-order chi connectivity index (χ1) is 4.52. The van der Waals surface area contributed by atoms with Crippen LogP contribution in [0.5, 0.6) is 0 Å². The lowest BCUT2D eigenvalue weighted by molar-refractivity contribution is 0.113. The van der Waals surface area contributed by atoms with Crippen molar-refractivity contribution in [2.24, 2.45) is 17.3 Å². The van der Waals surface area contributed by atoms with E-state index in [4.69, 9.17) is 0 Å². The molecule has 10 heavy (non-hydrogen) atoms. The Morgan fingerprint density at radius 2 is 1.70 bits per heavy atom. The van der Waals surface area contributed by atoms with Crippen LogP contribution in [0.1, 0.15) is 47.0 Å². The van der Waals surface area contributed by atoms with Crippen LogP contribution in [0.3, 0.4) is 0 Å². The van der Waals surface area contributed by atoms with Gasteiger partial charge in [0.1, 0.15) is 0 Å². The van der Waals surface area contributed by atoms with Crippen molar-refractivity contribution in [2.45, 2.75) is 47.0 Å². The fourth-order valence-electron chi connectivity index (χ4n) is 1.65. The van der Waals surface area contributed by atoms with Gasteiger partial charge in [0, 0.05) is 0 Å². The largest absolute Gasteiger partial charge is 0.0617 e. The Kier molecular flexibility index (Phi) is 2.07. The first-order valence-electron chi connectivity index (χ1n) is 4.52. The molecule has 0 unspecified atom stereocenters. The molecule has 0 aromatic rings. The predicted molar refractivity (Wildman–Crippen MR) is 46.0 cm³/mol. The van der Waals surface area contributed by atoms with Crippen molar-refractivity contribution in [3.05, 3.63) is 0 Å². The van der Waals surface area contributed by atoms with Crippen molar-refractivity contribution >= 4 is 0 Å². The maximum atomic E-state index is 2.41. The summed E-state index contributed by atoms with van der Waals surface area (Å²) in [4.78, 5) is 0. The molecular formula is C10H20. The molecule has 1 saturated carbocycles. The van der Waals surface area contributed by atoms with E-state index in [0.717, 1.165) is 11.8 Å². The molecule has 0 N–H and O–H groups in total. The van der Waals surface area contributed by atoms with Gasteiger partial charge in [-0.05, 0) is 17.3 Å². The summed E-state index contributed by atoms with van der Waals surface area (Å²) in [5, 5.41) is 0. The Balaban J connectivity index is 2.39. The molecule has 0 aromatic heterocycles. The monoisotopic (exact) mass is 140 g/mol. The molecule has 1 aliphatic carbocycles. The second kappa shape index (κ2) is 2.56. The Morgan fingerprint density at radius 1 is 1.20 bits per heavy atom. The average Bonchev–Trinajstić information content (AvgIpc) is 1.57. The highest BCUT2D eigenvalue weighted by molar-refractivity contribution is 4.81. The molecule has 0 nitrogen and oxygen atoms in total. The summed E-state index contributed by atoms with van der Waals surface area (Å²) in [6.07, 6.45) is 4.45. The van der Waals surface area contributed by atoms with Crippen LogP contribution in [-0.2, 0) is 0 Å². The van der Waals surface area contributed by atoms with Crippen LogP contribution in [-0.4, -0.2) is 0 Å². The van der Waals surface area contributed by atoms with Crippen molar-refractivity contribution in [2.75, 3.05) is 0 Å². The Hall–Kier alpha value is 0. The quantitative estimate of drug-likeness (QED) is 0.523. The van der Waals surface area contributed by atoms with E-state index in [1.54, 1.807) is 0 Å². The number of rotatable bonds is 1. The van der Waals surface area contributed by atoms with Gasteiger partial charge < -0.3 is 0 Å². The van der Waals surface area contributed by atoms with Crippen LogP contribution < -0.4 is 0 Å². The topological polar surface area (TPSA) is 0 Å². The zero-order chi connectivity index (χ0) is 7.78. The lowest BCUT2D eigenvalue weighted by atomic mass is 9.66. The van der Waals surface area contributed by atoms with Gasteiger partial charge in [0.05, 0.1) is 0 Å². The standard InChI is InChI=1S/C10H20/c1-8(10(2,3)4)9-6-5-7-9/h8-9H,5-7H2,1-4H3/t8-/m0/s1. The van der Waals surface area contributed by atoms with Crippen LogP contribution in [0.25, 0.3) is 0 Å². The molecule has 1 rings (SSSR count). The zero-order valence-electron chi connectivity index (χ0n) is 7.78. The number of hydrogen-bond donors (Lipinski definition) is 0. The maximum Gasteiger partial charge on any atom is -0.0354 e. The second-order valence-corrected chi connectivity index (χ2v) is 4.85. The Bertz CT molecular complexity index is 104. The fourth-order valence-corrected chi connectivity index (χ4v) is 1.65. The van der Waals surface area contributed by atoms with Crippen molar-refractivity contribution in [3.63, 3.8) is 0 Å². The molecule has 0 heterocycles. The molecule has 1 aliphatic rings.